The first kappa shape index (κ1) is 46.8. The fourth-order valence-corrected chi connectivity index (χ4v) is 10.4. The van der Waals surface area contributed by atoms with Crippen LogP contribution in [0.15, 0.2) is 176 Å². The summed E-state index contributed by atoms with van der Waals surface area (Å²) in [6, 6.07) is 48.4. The molecular formula is C61H38F9N3. The van der Waals surface area contributed by atoms with Crippen LogP contribution in [0.5, 0.6) is 0 Å². The van der Waals surface area contributed by atoms with Gasteiger partial charge in [0.2, 0.25) is 0 Å². The van der Waals surface area contributed by atoms with Gasteiger partial charge in [-0.1, -0.05) is 84.9 Å². The molecule has 0 spiro atoms. The maximum atomic E-state index is 14.4. The number of hydrogen-bond donors (Lipinski definition) is 0. The van der Waals surface area contributed by atoms with Gasteiger partial charge in [-0.15, -0.1) is 0 Å². The largest absolute Gasteiger partial charge is 0.416 e. The number of nitrogens with zero attached hydrogens (tertiary/aromatic N) is 3. The highest BCUT2D eigenvalue weighted by atomic mass is 19.4. The summed E-state index contributed by atoms with van der Waals surface area (Å²) in [7, 11) is 0. The minimum absolute atomic E-state index is 0.223. The molecule has 0 atom stereocenters. The fraction of sp³-hybridized carbons (Fsp3) is 0.0984. The lowest BCUT2D eigenvalue weighted by Crippen LogP contribution is -2.05. The summed E-state index contributed by atoms with van der Waals surface area (Å²) in [5, 5.41) is 3.01. The number of alkyl halides is 9. The third kappa shape index (κ3) is 8.24. The van der Waals surface area contributed by atoms with E-state index in [1.54, 1.807) is 75.4 Å². The van der Waals surface area contributed by atoms with Gasteiger partial charge in [-0.05, 0) is 167 Å². The van der Waals surface area contributed by atoms with E-state index in [-0.39, 0.29) is 5.69 Å². The quantitative estimate of drug-likeness (QED) is 0.116. The summed E-state index contributed by atoms with van der Waals surface area (Å²) >= 11 is 0. The highest BCUT2D eigenvalue weighted by Crippen LogP contribution is 2.47. The van der Waals surface area contributed by atoms with E-state index in [1.807, 2.05) is 94.1 Å². The Bertz CT molecular complexity index is 4100. The molecule has 3 nitrogen and oxygen atoms in total. The summed E-state index contributed by atoms with van der Waals surface area (Å²) in [5.74, 6) is 0. The first-order valence-corrected chi connectivity index (χ1v) is 23.0. The molecule has 0 radical (unpaired) electrons. The number of halogens is 9. The van der Waals surface area contributed by atoms with E-state index in [2.05, 4.69) is 4.85 Å². The summed E-state index contributed by atoms with van der Waals surface area (Å²) < 4.78 is 132. The Hall–Kier alpha value is -8.56. The minimum Gasteiger partial charge on any atom is -0.310 e. The Balaban J connectivity index is 1.20. The van der Waals surface area contributed by atoms with Crippen LogP contribution in [-0.2, 0) is 18.5 Å². The van der Waals surface area contributed by atoms with Crippen molar-refractivity contribution in [3.8, 4) is 55.9 Å². The van der Waals surface area contributed by atoms with Gasteiger partial charge in [0.05, 0.1) is 51.0 Å². The lowest BCUT2D eigenvalue weighted by molar-refractivity contribution is -0.138. The SMILES string of the molecule is [C-]#[N+]c1cccc(-n2c3ccccc3c3cc(-c4cc(C)cc(C(F)(F)F)c4)ccc32)c1-c1cc(-c2cc(C)cc(C(F)(F)F)c2)ccc1-n1c2ccccc2c2cc(-c3cc(C)cc(C(F)(F)F)c3)ccc21. The Labute approximate surface area is 412 Å². The molecule has 73 heavy (non-hydrogen) atoms. The smallest absolute Gasteiger partial charge is 0.310 e. The Kier molecular flexibility index (Phi) is 10.9. The van der Waals surface area contributed by atoms with E-state index in [1.165, 1.54) is 0 Å². The number of hydrogen-bond acceptors (Lipinski definition) is 0. The molecule has 12 heteroatoms. The molecule has 0 amide bonds. The molecule has 0 aliphatic heterocycles. The second kappa shape index (κ2) is 17.1. The monoisotopic (exact) mass is 983 g/mol. The molecular weight excluding hydrogens is 946 g/mol. The van der Waals surface area contributed by atoms with Gasteiger partial charge in [0.25, 0.3) is 0 Å². The van der Waals surface area contributed by atoms with Crippen molar-refractivity contribution in [1.29, 1.82) is 0 Å². The molecule has 360 valence electrons. The second-order valence-corrected chi connectivity index (χ2v) is 18.4. The fourth-order valence-electron chi connectivity index (χ4n) is 10.4. The molecule has 2 heterocycles. The van der Waals surface area contributed by atoms with Crippen LogP contribution < -0.4 is 0 Å². The molecule has 0 aliphatic carbocycles. The molecule has 0 aliphatic rings. The number of aryl methyl sites for hydroxylation is 3. The topological polar surface area (TPSA) is 14.2 Å². The molecule has 0 bridgehead atoms. The molecule has 0 saturated carbocycles. The Morgan fingerprint density at radius 1 is 0.356 bits per heavy atom. The van der Waals surface area contributed by atoms with E-state index in [0.717, 1.165) is 69.0 Å². The molecule has 2 aromatic heterocycles. The normalized spacial score (nSPS) is 12.4. The van der Waals surface area contributed by atoms with Crippen LogP contribution in [0.25, 0.3) is 104 Å². The summed E-state index contributed by atoms with van der Waals surface area (Å²) in [4.78, 5) is 4.06. The third-order valence-electron chi connectivity index (χ3n) is 13.4. The van der Waals surface area contributed by atoms with Crippen LogP contribution in [-0.4, -0.2) is 9.13 Å². The first-order chi connectivity index (χ1) is 34.7. The van der Waals surface area contributed by atoms with Gasteiger partial charge in [-0.3, -0.25) is 0 Å². The number of fused-ring (bicyclic) bond motifs is 6. The molecule has 0 saturated heterocycles. The number of rotatable bonds is 6. The van der Waals surface area contributed by atoms with Crippen molar-refractivity contribution in [1.82, 2.24) is 9.13 Å². The summed E-state index contributed by atoms with van der Waals surface area (Å²) in [5.41, 5.74) is 6.56. The zero-order chi connectivity index (χ0) is 51.3. The van der Waals surface area contributed by atoms with Crippen molar-refractivity contribution < 1.29 is 39.5 Å². The lowest BCUT2D eigenvalue weighted by atomic mass is 9.93. The summed E-state index contributed by atoms with van der Waals surface area (Å²) in [6.07, 6.45) is -13.8. The van der Waals surface area contributed by atoms with E-state index in [0.29, 0.717) is 83.6 Å². The second-order valence-electron chi connectivity index (χ2n) is 18.4. The van der Waals surface area contributed by atoms with E-state index >= 15 is 0 Å². The van der Waals surface area contributed by atoms with Crippen LogP contribution in [0.2, 0.25) is 0 Å². The van der Waals surface area contributed by atoms with E-state index in [9.17, 15) is 39.5 Å². The van der Waals surface area contributed by atoms with E-state index < -0.39 is 35.2 Å². The number of benzene rings is 9. The van der Waals surface area contributed by atoms with Gasteiger partial charge in [0.15, 0.2) is 5.69 Å². The van der Waals surface area contributed by atoms with Crippen LogP contribution in [0.4, 0.5) is 45.2 Å². The zero-order valence-electron chi connectivity index (χ0n) is 39.0. The predicted molar refractivity (Wildman–Crippen MR) is 272 cm³/mol. The molecule has 9 aromatic carbocycles. The standard InChI is InChI=1S/C61H38F9N3/c1-34-22-40(28-43(25-34)59(62,63)64)37-16-19-54-48(31-37)46-10-5-7-13-52(46)72(54)56-21-18-39(42-24-36(3)27-45(30-42)61(68,69)70)33-50(56)58-51(71-4)12-9-15-57(58)73-53-14-8-6-11-47(53)49-32-38(17-20-55(49)73)41-23-35(2)26-44(29-41)60(65,66)67/h5-33H,1-3H3. The highest BCUT2D eigenvalue weighted by Gasteiger charge is 2.34. The number of aromatic nitrogens is 2. The summed E-state index contributed by atoms with van der Waals surface area (Å²) in [6.45, 7) is 13.5. The molecule has 11 aromatic rings. The number of para-hydroxylation sites is 2. The van der Waals surface area contributed by atoms with Gasteiger partial charge in [0.1, 0.15) is 0 Å². The average molecular weight is 984 g/mol. The van der Waals surface area contributed by atoms with Crippen molar-refractivity contribution >= 4 is 49.3 Å². The van der Waals surface area contributed by atoms with Crippen LogP contribution >= 0.6 is 0 Å². The highest BCUT2D eigenvalue weighted by molar-refractivity contribution is 6.13. The van der Waals surface area contributed by atoms with E-state index in [4.69, 9.17) is 6.57 Å². The van der Waals surface area contributed by atoms with Gasteiger partial charge in [-0.2, -0.15) is 39.5 Å². The van der Waals surface area contributed by atoms with Crippen molar-refractivity contribution in [2.75, 3.05) is 0 Å². The Morgan fingerprint density at radius 2 is 0.753 bits per heavy atom. The molecule has 0 fully saturated rings. The van der Waals surface area contributed by atoms with Crippen LogP contribution in [0, 0.1) is 27.3 Å². The van der Waals surface area contributed by atoms with Crippen molar-refractivity contribution in [3.05, 3.63) is 221 Å². The first-order valence-electron chi connectivity index (χ1n) is 23.0. The zero-order valence-corrected chi connectivity index (χ0v) is 39.0. The third-order valence-corrected chi connectivity index (χ3v) is 13.4. The molecule has 0 N–H and O–H groups in total. The minimum atomic E-state index is -4.64. The average Bonchev–Trinajstić information content (AvgIpc) is 3.87. The van der Waals surface area contributed by atoms with Crippen LogP contribution in [0.3, 0.4) is 0 Å². The van der Waals surface area contributed by atoms with Gasteiger partial charge >= 0.3 is 18.5 Å². The van der Waals surface area contributed by atoms with Gasteiger partial charge < -0.3 is 9.13 Å². The Morgan fingerprint density at radius 3 is 1.19 bits per heavy atom. The molecule has 0 unspecified atom stereocenters. The van der Waals surface area contributed by atoms with Gasteiger partial charge in [-0.25, -0.2) is 4.85 Å². The maximum absolute atomic E-state index is 14.4. The predicted octanol–water partition coefficient (Wildman–Crippen LogP) is 19.1. The van der Waals surface area contributed by atoms with Crippen molar-refractivity contribution in [3.63, 3.8) is 0 Å². The lowest BCUT2D eigenvalue weighted by Gasteiger charge is -2.21. The maximum Gasteiger partial charge on any atom is 0.416 e. The van der Waals surface area contributed by atoms with Gasteiger partial charge in [0, 0.05) is 32.8 Å². The molecule has 11 rings (SSSR count). The van der Waals surface area contributed by atoms with Crippen molar-refractivity contribution in [2.24, 2.45) is 0 Å². The van der Waals surface area contributed by atoms with Crippen LogP contribution in [0.1, 0.15) is 33.4 Å². The van der Waals surface area contributed by atoms with Crippen molar-refractivity contribution in [2.45, 2.75) is 39.3 Å².